The Labute approximate surface area is 101 Å². The van der Waals surface area contributed by atoms with Crippen LogP contribution < -0.4 is 11.1 Å². The number of nitrogens with one attached hydrogen (secondary N) is 1. The van der Waals surface area contributed by atoms with Gasteiger partial charge in [-0.3, -0.25) is 4.79 Å². The predicted molar refractivity (Wildman–Crippen MR) is 67.4 cm³/mol. The molecule has 1 aliphatic rings. The molecule has 1 fully saturated rings. The topological polar surface area (TPSA) is 55.1 Å². The van der Waals surface area contributed by atoms with E-state index in [0.29, 0.717) is 18.0 Å². The third-order valence-corrected chi connectivity index (χ3v) is 2.73. The first-order chi connectivity index (χ1) is 8.29. The van der Waals surface area contributed by atoms with Crippen LogP contribution in [0.4, 0.5) is 0 Å². The summed E-state index contributed by atoms with van der Waals surface area (Å²) >= 11 is 0. The highest BCUT2D eigenvalue weighted by molar-refractivity contribution is 5.94. The van der Waals surface area contributed by atoms with Gasteiger partial charge in [0.2, 0.25) is 0 Å². The van der Waals surface area contributed by atoms with E-state index in [1.165, 1.54) is 12.8 Å². The number of rotatable bonds is 3. The van der Waals surface area contributed by atoms with Crippen LogP contribution in [0, 0.1) is 17.8 Å². The summed E-state index contributed by atoms with van der Waals surface area (Å²) in [5, 5.41) is 2.93. The molecule has 17 heavy (non-hydrogen) atoms. The molecule has 2 rings (SSSR count). The fourth-order valence-electron chi connectivity index (χ4n) is 1.52. The second-order valence-corrected chi connectivity index (χ2v) is 4.24. The van der Waals surface area contributed by atoms with Gasteiger partial charge in [0.25, 0.3) is 5.91 Å². The Balaban J connectivity index is 1.93. The van der Waals surface area contributed by atoms with Crippen LogP contribution in [-0.2, 0) is 0 Å². The van der Waals surface area contributed by atoms with Gasteiger partial charge in [0.05, 0.1) is 6.54 Å². The number of nitrogens with two attached hydrogens (primary N) is 1. The fraction of sp³-hybridized carbons (Fsp3) is 0.357. The van der Waals surface area contributed by atoms with Gasteiger partial charge in [-0.25, -0.2) is 0 Å². The summed E-state index contributed by atoms with van der Waals surface area (Å²) in [6.45, 7) is 1.15. The minimum atomic E-state index is -0.00441. The number of hydrogen-bond acceptors (Lipinski definition) is 2. The van der Waals surface area contributed by atoms with Crippen molar-refractivity contribution in [3.63, 3.8) is 0 Å². The highest BCUT2D eigenvalue weighted by atomic mass is 16.1. The number of carbonyl (C=O) groups is 1. The summed E-state index contributed by atoms with van der Waals surface area (Å²) < 4.78 is 0. The SMILES string of the molecule is NCC#Cc1ccc(C(=O)NCC2CC2)cc1. The van der Waals surface area contributed by atoms with E-state index in [4.69, 9.17) is 5.73 Å². The number of amides is 1. The molecule has 1 aromatic rings. The fourth-order valence-corrected chi connectivity index (χ4v) is 1.52. The monoisotopic (exact) mass is 228 g/mol. The van der Waals surface area contributed by atoms with E-state index in [2.05, 4.69) is 17.2 Å². The van der Waals surface area contributed by atoms with Crippen LogP contribution in [-0.4, -0.2) is 19.0 Å². The third kappa shape index (κ3) is 3.61. The summed E-state index contributed by atoms with van der Waals surface area (Å²) in [4.78, 5) is 11.7. The minimum Gasteiger partial charge on any atom is -0.352 e. The molecule has 1 aliphatic carbocycles. The van der Waals surface area contributed by atoms with Crippen LogP contribution in [0.15, 0.2) is 24.3 Å². The molecule has 0 saturated heterocycles. The maximum absolute atomic E-state index is 11.7. The van der Waals surface area contributed by atoms with Gasteiger partial charge in [-0.1, -0.05) is 11.8 Å². The lowest BCUT2D eigenvalue weighted by molar-refractivity contribution is 0.0952. The third-order valence-electron chi connectivity index (χ3n) is 2.73. The van der Waals surface area contributed by atoms with Gasteiger partial charge in [-0.05, 0) is 43.0 Å². The molecule has 0 spiro atoms. The first kappa shape index (κ1) is 11.7. The van der Waals surface area contributed by atoms with Crippen molar-refractivity contribution >= 4 is 5.91 Å². The molecule has 3 nitrogen and oxygen atoms in total. The molecule has 3 heteroatoms. The van der Waals surface area contributed by atoms with E-state index in [1.807, 2.05) is 12.1 Å². The lowest BCUT2D eigenvalue weighted by atomic mass is 10.1. The highest BCUT2D eigenvalue weighted by Gasteiger charge is 2.21. The van der Waals surface area contributed by atoms with Crippen molar-refractivity contribution in [3.8, 4) is 11.8 Å². The van der Waals surface area contributed by atoms with E-state index in [0.717, 1.165) is 12.1 Å². The van der Waals surface area contributed by atoms with E-state index >= 15 is 0 Å². The normalized spacial score (nSPS) is 13.7. The van der Waals surface area contributed by atoms with Crippen molar-refractivity contribution in [2.24, 2.45) is 11.7 Å². The largest absolute Gasteiger partial charge is 0.352 e. The average Bonchev–Trinajstić information content (AvgIpc) is 3.18. The van der Waals surface area contributed by atoms with Gasteiger partial charge < -0.3 is 11.1 Å². The molecule has 1 amide bonds. The first-order valence-corrected chi connectivity index (χ1v) is 5.87. The molecule has 88 valence electrons. The summed E-state index contributed by atoms with van der Waals surface area (Å²) in [5.74, 6) is 6.40. The molecule has 0 bridgehead atoms. The van der Waals surface area contributed by atoms with E-state index < -0.39 is 0 Å². The Bertz CT molecular complexity index is 449. The lowest BCUT2D eigenvalue weighted by Gasteiger charge is -2.03. The minimum absolute atomic E-state index is 0.00441. The van der Waals surface area contributed by atoms with Crippen molar-refractivity contribution < 1.29 is 4.79 Å². The molecule has 0 atom stereocenters. The van der Waals surface area contributed by atoms with Crippen LogP contribution in [0.5, 0.6) is 0 Å². The quantitative estimate of drug-likeness (QED) is 0.762. The maximum Gasteiger partial charge on any atom is 0.251 e. The van der Waals surface area contributed by atoms with Crippen molar-refractivity contribution in [2.45, 2.75) is 12.8 Å². The van der Waals surface area contributed by atoms with Gasteiger partial charge in [0.15, 0.2) is 0 Å². The van der Waals surface area contributed by atoms with Crippen molar-refractivity contribution in [3.05, 3.63) is 35.4 Å². The lowest BCUT2D eigenvalue weighted by Crippen LogP contribution is -2.25. The summed E-state index contributed by atoms with van der Waals surface area (Å²) in [6, 6.07) is 7.27. The highest BCUT2D eigenvalue weighted by Crippen LogP contribution is 2.27. The van der Waals surface area contributed by atoms with Crippen LogP contribution in [0.25, 0.3) is 0 Å². The molecule has 0 unspecified atom stereocenters. The van der Waals surface area contributed by atoms with E-state index in [9.17, 15) is 4.79 Å². The average molecular weight is 228 g/mol. The Morgan fingerprint density at radius 2 is 2.06 bits per heavy atom. The van der Waals surface area contributed by atoms with Crippen LogP contribution in [0.3, 0.4) is 0 Å². The molecule has 0 heterocycles. The van der Waals surface area contributed by atoms with Crippen LogP contribution in [0.1, 0.15) is 28.8 Å². The van der Waals surface area contributed by atoms with Gasteiger partial charge in [-0.2, -0.15) is 0 Å². The molecule has 0 aliphatic heterocycles. The zero-order valence-corrected chi connectivity index (χ0v) is 9.70. The second kappa shape index (κ2) is 5.51. The molecule has 0 aromatic heterocycles. The molecule has 0 radical (unpaired) electrons. The predicted octanol–water partition coefficient (Wildman–Crippen LogP) is 1.14. The van der Waals surface area contributed by atoms with Crippen LogP contribution >= 0.6 is 0 Å². The molecule has 1 saturated carbocycles. The van der Waals surface area contributed by atoms with Gasteiger partial charge in [0.1, 0.15) is 0 Å². The number of carbonyl (C=O) groups excluding carboxylic acids is 1. The Morgan fingerprint density at radius 3 is 2.65 bits per heavy atom. The standard InChI is InChI=1S/C14H16N2O/c15-9-1-2-11-5-7-13(8-6-11)14(17)16-10-12-3-4-12/h5-8,12H,3-4,9-10,15H2,(H,16,17). The number of benzene rings is 1. The molecule has 1 aromatic carbocycles. The van der Waals surface area contributed by atoms with Crippen molar-refractivity contribution in [1.29, 1.82) is 0 Å². The van der Waals surface area contributed by atoms with Crippen molar-refractivity contribution in [2.75, 3.05) is 13.1 Å². The zero-order chi connectivity index (χ0) is 12.1. The Kier molecular flexibility index (Phi) is 3.79. The first-order valence-electron chi connectivity index (χ1n) is 5.87. The molecular weight excluding hydrogens is 212 g/mol. The second-order valence-electron chi connectivity index (χ2n) is 4.24. The maximum atomic E-state index is 11.7. The van der Waals surface area contributed by atoms with E-state index in [1.54, 1.807) is 12.1 Å². The summed E-state index contributed by atoms with van der Waals surface area (Å²) in [6.07, 6.45) is 2.49. The van der Waals surface area contributed by atoms with Gasteiger partial charge in [-0.15, -0.1) is 0 Å². The Morgan fingerprint density at radius 1 is 1.35 bits per heavy atom. The smallest absolute Gasteiger partial charge is 0.251 e. The van der Waals surface area contributed by atoms with E-state index in [-0.39, 0.29) is 5.91 Å². The molecular formula is C14H16N2O. The summed E-state index contributed by atoms with van der Waals surface area (Å²) in [7, 11) is 0. The number of hydrogen-bond donors (Lipinski definition) is 2. The van der Waals surface area contributed by atoms with Gasteiger partial charge in [0, 0.05) is 17.7 Å². The van der Waals surface area contributed by atoms with Crippen molar-refractivity contribution in [1.82, 2.24) is 5.32 Å². The Hall–Kier alpha value is -1.79. The zero-order valence-electron chi connectivity index (χ0n) is 9.70. The van der Waals surface area contributed by atoms with Crippen LogP contribution in [0.2, 0.25) is 0 Å². The molecule has 3 N–H and O–H groups in total. The van der Waals surface area contributed by atoms with Gasteiger partial charge >= 0.3 is 0 Å². The summed E-state index contributed by atoms with van der Waals surface area (Å²) in [5.41, 5.74) is 6.86.